The lowest BCUT2D eigenvalue weighted by Gasteiger charge is -2.24. The van der Waals surface area contributed by atoms with E-state index in [2.05, 4.69) is 22.6 Å². The lowest BCUT2D eigenvalue weighted by Crippen LogP contribution is -2.39. The average Bonchev–Trinajstić information content (AvgIpc) is 2.02. The molecule has 0 aliphatic rings. The smallest absolute Gasteiger partial charge is 0.324 e. The molecule has 0 radical (unpaired) electrons. The molecule has 0 aliphatic carbocycles. The summed E-state index contributed by atoms with van der Waals surface area (Å²) in [6.45, 7) is 5.73. The van der Waals surface area contributed by atoms with Crippen molar-refractivity contribution in [3.8, 4) is 0 Å². The highest BCUT2D eigenvalue weighted by Gasteiger charge is 2.23. The number of nitrogens with two attached hydrogens (primary N) is 1. The monoisotopic (exact) mass is 285 g/mol. The van der Waals surface area contributed by atoms with Crippen LogP contribution in [-0.4, -0.2) is 22.0 Å². The highest BCUT2D eigenvalue weighted by molar-refractivity contribution is 14.1. The number of ether oxygens (including phenoxy) is 1. The second kappa shape index (κ2) is 5.01. The van der Waals surface area contributed by atoms with E-state index < -0.39 is 6.04 Å². The molecule has 0 aromatic carbocycles. The van der Waals surface area contributed by atoms with E-state index in [-0.39, 0.29) is 11.6 Å². The molecule has 0 rings (SSSR count). The summed E-state index contributed by atoms with van der Waals surface area (Å²) in [7, 11) is 0. The van der Waals surface area contributed by atoms with Gasteiger partial charge < -0.3 is 10.5 Å². The summed E-state index contributed by atoms with van der Waals surface area (Å²) in [5.41, 5.74) is 5.11. The van der Waals surface area contributed by atoms with Crippen LogP contribution in [0.1, 0.15) is 27.2 Å². The molecule has 3 nitrogen and oxygen atoms in total. The second-order valence-electron chi connectivity index (χ2n) is 3.30. The van der Waals surface area contributed by atoms with Crippen LogP contribution in [-0.2, 0) is 9.53 Å². The third-order valence-electron chi connectivity index (χ3n) is 1.70. The Morgan fingerprint density at radius 1 is 1.67 bits per heavy atom. The quantitative estimate of drug-likeness (QED) is 0.483. The van der Waals surface area contributed by atoms with Gasteiger partial charge in [0.05, 0.1) is 0 Å². The number of hydrogen-bond acceptors (Lipinski definition) is 3. The van der Waals surface area contributed by atoms with Crippen molar-refractivity contribution in [3.63, 3.8) is 0 Å². The van der Waals surface area contributed by atoms with Crippen LogP contribution in [0.5, 0.6) is 0 Å². The Morgan fingerprint density at radius 3 is 2.50 bits per heavy atom. The first-order valence-corrected chi connectivity index (χ1v) is 5.50. The van der Waals surface area contributed by atoms with E-state index in [4.69, 9.17) is 10.5 Å². The highest BCUT2D eigenvalue weighted by Crippen LogP contribution is 2.14. The van der Waals surface area contributed by atoms with Gasteiger partial charge in [-0.3, -0.25) is 4.79 Å². The molecule has 12 heavy (non-hydrogen) atoms. The van der Waals surface area contributed by atoms with E-state index in [0.29, 0.717) is 4.43 Å². The van der Waals surface area contributed by atoms with Gasteiger partial charge in [-0.05, 0) is 20.3 Å². The Morgan fingerprint density at radius 2 is 2.17 bits per heavy atom. The van der Waals surface area contributed by atoms with Gasteiger partial charge in [0.1, 0.15) is 11.6 Å². The van der Waals surface area contributed by atoms with E-state index in [1.807, 2.05) is 20.8 Å². The zero-order chi connectivity index (χ0) is 9.78. The molecule has 0 saturated heterocycles. The number of carbonyl (C=O) groups is 1. The van der Waals surface area contributed by atoms with Gasteiger partial charge in [-0.15, -0.1) is 0 Å². The van der Waals surface area contributed by atoms with Crippen LogP contribution >= 0.6 is 22.6 Å². The zero-order valence-corrected chi connectivity index (χ0v) is 9.92. The minimum absolute atomic E-state index is 0.309. The second-order valence-corrected chi connectivity index (χ2v) is 4.18. The van der Waals surface area contributed by atoms with Crippen LogP contribution < -0.4 is 5.73 Å². The summed E-state index contributed by atoms with van der Waals surface area (Å²) in [6.07, 6.45) is 0.798. The lowest BCUT2D eigenvalue weighted by atomic mass is 10.1. The Hall–Kier alpha value is 0.160. The summed E-state index contributed by atoms with van der Waals surface area (Å²) >= 11 is 2.07. The number of alkyl halides is 1. The number of halogens is 1. The van der Waals surface area contributed by atoms with Gasteiger partial charge in [0.2, 0.25) is 0 Å². The molecule has 0 unspecified atom stereocenters. The van der Waals surface area contributed by atoms with Crippen molar-refractivity contribution in [2.75, 3.05) is 4.43 Å². The molecule has 0 aromatic rings. The number of esters is 1. The third kappa shape index (κ3) is 4.25. The average molecular weight is 285 g/mol. The van der Waals surface area contributed by atoms with E-state index in [9.17, 15) is 4.79 Å². The molecule has 0 aliphatic heterocycles. The first-order valence-electron chi connectivity index (χ1n) is 3.97. The molecule has 0 heterocycles. The Labute approximate surface area is 87.2 Å². The Balaban J connectivity index is 4.00. The lowest BCUT2D eigenvalue weighted by molar-refractivity contribution is -0.157. The minimum Gasteiger partial charge on any atom is -0.459 e. The predicted octanol–water partition coefficient (Wildman–Crippen LogP) is 1.48. The van der Waals surface area contributed by atoms with Crippen molar-refractivity contribution in [1.82, 2.24) is 0 Å². The molecule has 0 spiro atoms. The summed E-state index contributed by atoms with van der Waals surface area (Å²) in [6, 6.07) is -0.489. The number of rotatable bonds is 4. The maximum Gasteiger partial charge on any atom is 0.324 e. The fraction of sp³-hybridized carbons (Fsp3) is 0.875. The first kappa shape index (κ1) is 12.2. The van der Waals surface area contributed by atoms with Crippen LogP contribution in [0.3, 0.4) is 0 Å². The minimum atomic E-state index is -0.489. The summed E-state index contributed by atoms with van der Waals surface area (Å²) < 4.78 is 5.76. The van der Waals surface area contributed by atoms with Crippen LogP contribution in [0, 0.1) is 0 Å². The third-order valence-corrected chi connectivity index (χ3v) is 2.65. The van der Waals surface area contributed by atoms with Gasteiger partial charge in [0.15, 0.2) is 0 Å². The fourth-order valence-electron chi connectivity index (χ4n) is 0.483. The van der Waals surface area contributed by atoms with E-state index in [0.717, 1.165) is 6.42 Å². The van der Waals surface area contributed by atoms with E-state index >= 15 is 0 Å². The molecule has 0 fully saturated rings. The van der Waals surface area contributed by atoms with Gasteiger partial charge in [-0.2, -0.15) is 0 Å². The van der Waals surface area contributed by atoms with E-state index in [1.165, 1.54) is 0 Å². The van der Waals surface area contributed by atoms with Crippen molar-refractivity contribution in [1.29, 1.82) is 0 Å². The summed E-state index contributed by atoms with van der Waals surface area (Å²) in [5.74, 6) is -0.309. The van der Waals surface area contributed by atoms with Crippen LogP contribution in [0.2, 0.25) is 0 Å². The zero-order valence-electron chi connectivity index (χ0n) is 7.76. The summed E-state index contributed by atoms with van der Waals surface area (Å²) in [4.78, 5) is 11.2. The molecule has 2 N–H and O–H groups in total. The van der Waals surface area contributed by atoms with Crippen molar-refractivity contribution >= 4 is 28.6 Å². The molecule has 0 aromatic heterocycles. The maximum atomic E-state index is 11.2. The maximum absolute atomic E-state index is 11.2. The molecule has 0 bridgehead atoms. The standard InChI is InChI=1S/C8H16INO2/c1-4-8(2,3)12-7(11)6(10)5-9/h6H,4-5,10H2,1-3H3/t6-/m0/s1. The van der Waals surface area contributed by atoms with Crippen LogP contribution in [0.4, 0.5) is 0 Å². The van der Waals surface area contributed by atoms with Gasteiger partial charge in [0, 0.05) is 4.43 Å². The number of carbonyl (C=O) groups excluding carboxylic acids is 1. The highest BCUT2D eigenvalue weighted by atomic mass is 127. The van der Waals surface area contributed by atoms with Crippen molar-refractivity contribution < 1.29 is 9.53 Å². The van der Waals surface area contributed by atoms with Crippen LogP contribution in [0.15, 0.2) is 0 Å². The topological polar surface area (TPSA) is 52.3 Å². The largest absolute Gasteiger partial charge is 0.459 e. The van der Waals surface area contributed by atoms with Crippen molar-refractivity contribution in [2.45, 2.75) is 38.8 Å². The number of hydrogen-bond donors (Lipinski definition) is 1. The molecular weight excluding hydrogens is 269 g/mol. The SMILES string of the molecule is CCC(C)(C)OC(=O)[C@@H](N)CI. The molecule has 0 amide bonds. The predicted molar refractivity (Wildman–Crippen MR) is 57.3 cm³/mol. The van der Waals surface area contributed by atoms with Gasteiger partial charge in [-0.1, -0.05) is 29.5 Å². The Kier molecular flexibility index (Phi) is 5.08. The van der Waals surface area contributed by atoms with Crippen LogP contribution in [0.25, 0.3) is 0 Å². The fourth-order valence-corrected chi connectivity index (χ4v) is 0.843. The van der Waals surface area contributed by atoms with E-state index in [1.54, 1.807) is 0 Å². The normalized spacial score (nSPS) is 14.1. The van der Waals surface area contributed by atoms with Crippen molar-refractivity contribution in [3.05, 3.63) is 0 Å². The van der Waals surface area contributed by atoms with Gasteiger partial charge in [-0.25, -0.2) is 0 Å². The molecule has 0 saturated carbocycles. The molecule has 72 valence electrons. The molecule has 4 heteroatoms. The van der Waals surface area contributed by atoms with Crippen molar-refractivity contribution in [2.24, 2.45) is 5.73 Å². The molecule has 1 atom stereocenters. The summed E-state index contributed by atoms with van der Waals surface area (Å²) in [5, 5.41) is 0. The Bertz CT molecular complexity index is 159. The molecular formula is C8H16INO2. The van der Waals surface area contributed by atoms with Gasteiger partial charge in [0.25, 0.3) is 0 Å². The first-order chi connectivity index (χ1) is 5.43. The van der Waals surface area contributed by atoms with Gasteiger partial charge >= 0.3 is 5.97 Å².